The lowest BCUT2D eigenvalue weighted by molar-refractivity contribution is 0.0838. The highest BCUT2D eigenvalue weighted by molar-refractivity contribution is 6.02. The first-order valence-corrected chi connectivity index (χ1v) is 7.70. The molecule has 2 aromatic rings. The number of carbonyl (C=O) groups excluding carboxylic acids is 1. The molecule has 2 aromatic carbocycles. The Kier molecular flexibility index (Phi) is 4.44. The van der Waals surface area contributed by atoms with Crippen LogP contribution in [-0.2, 0) is 0 Å². The van der Waals surface area contributed by atoms with E-state index < -0.39 is 6.10 Å². The summed E-state index contributed by atoms with van der Waals surface area (Å²) >= 11 is 0. The first-order chi connectivity index (χ1) is 11.6. The molecule has 24 heavy (non-hydrogen) atoms. The standard InChI is InChI=1S/C19H20O5/c1-22-12-6-4-11(5-7-12)14-10-16(20)18-15(19(14)21)8-13(23-2)9-17(18)24-3/h4-9,14,19,21H,10H2,1-3H3. The second kappa shape index (κ2) is 6.53. The van der Waals surface area contributed by atoms with Crippen molar-refractivity contribution in [1.82, 2.24) is 0 Å². The fourth-order valence-corrected chi connectivity index (χ4v) is 3.20. The van der Waals surface area contributed by atoms with Gasteiger partial charge in [-0.3, -0.25) is 4.79 Å². The molecule has 3 rings (SSSR count). The SMILES string of the molecule is COc1ccc(C2CC(=O)c3c(OC)cc(OC)cc3C2O)cc1. The van der Waals surface area contributed by atoms with Gasteiger partial charge in [0.15, 0.2) is 5.78 Å². The van der Waals surface area contributed by atoms with Gasteiger partial charge in [-0.05, 0) is 29.3 Å². The Morgan fingerprint density at radius 2 is 1.62 bits per heavy atom. The molecule has 126 valence electrons. The monoisotopic (exact) mass is 328 g/mol. The topological polar surface area (TPSA) is 65.0 Å². The Bertz CT molecular complexity index is 751. The fraction of sp³-hybridized carbons (Fsp3) is 0.316. The lowest BCUT2D eigenvalue weighted by Gasteiger charge is -2.30. The second-order valence-corrected chi connectivity index (χ2v) is 5.75. The molecule has 0 aliphatic heterocycles. The van der Waals surface area contributed by atoms with Gasteiger partial charge in [0.25, 0.3) is 0 Å². The van der Waals surface area contributed by atoms with Crippen molar-refractivity contribution >= 4 is 5.78 Å². The van der Waals surface area contributed by atoms with E-state index in [0.717, 1.165) is 11.3 Å². The molecule has 5 nitrogen and oxygen atoms in total. The predicted molar refractivity (Wildman–Crippen MR) is 89.2 cm³/mol. The molecule has 1 N–H and O–H groups in total. The first kappa shape index (κ1) is 16.3. The van der Waals surface area contributed by atoms with Crippen LogP contribution in [0.1, 0.15) is 39.9 Å². The van der Waals surface area contributed by atoms with Gasteiger partial charge in [0.1, 0.15) is 17.2 Å². The van der Waals surface area contributed by atoms with Crippen molar-refractivity contribution in [3.8, 4) is 17.2 Å². The van der Waals surface area contributed by atoms with Gasteiger partial charge in [0.05, 0.1) is 33.0 Å². The summed E-state index contributed by atoms with van der Waals surface area (Å²) in [5, 5.41) is 10.9. The molecule has 0 aromatic heterocycles. The minimum Gasteiger partial charge on any atom is -0.497 e. The number of methoxy groups -OCH3 is 3. The summed E-state index contributed by atoms with van der Waals surface area (Å²) in [7, 11) is 4.65. The minimum absolute atomic E-state index is 0.0457. The van der Waals surface area contributed by atoms with Gasteiger partial charge in [-0.15, -0.1) is 0 Å². The third-order valence-electron chi connectivity index (χ3n) is 4.49. The normalized spacial score (nSPS) is 19.6. The quantitative estimate of drug-likeness (QED) is 0.934. The number of benzene rings is 2. The Balaban J connectivity index is 2.05. The molecule has 0 saturated heterocycles. The fourth-order valence-electron chi connectivity index (χ4n) is 3.20. The van der Waals surface area contributed by atoms with Crippen LogP contribution < -0.4 is 14.2 Å². The van der Waals surface area contributed by atoms with E-state index in [1.54, 1.807) is 26.4 Å². The van der Waals surface area contributed by atoms with E-state index in [4.69, 9.17) is 14.2 Å². The lowest BCUT2D eigenvalue weighted by atomic mass is 9.77. The molecule has 0 saturated carbocycles. The van der Waals surface area contributed by atoms with Crippen molar-refractivity contribution < 1.29 is 24.1 Å². The molecule has 0 radical (unpaired) electrons. The number of ketones is 1. The van der Waals surface area contributed by atoms with E-state index in [-0.39, 0.29) is 18.1 Å². The molecular formula is C19H20O5. The van der Waals surface area contributed by atoms with E-state index in [0.29, 0.717) is 22.6 Å². The van der Waals surface area contributed by atoms with E-state index in [1.807, 2.05) is 24.3 Å². The van der Waals surface area contributed by atoms with Gasteiger partial charge in [-0.2, -0.15) is 0 Å². The summed E-state index contributed by atoms with van der Waals surface area (Å²) in [5.41, 5.74) is 1.88. The number of hydrogen-bond donors (Lipinski definition) is 1. The second-order valence-electron chi connectivity index (χ2n) is 5.75. The summed E-state index contributed by atoms with van der Waals surface area (Å²) in [6.45, 7) is 0. The number of fused-ring (bicyclic) bond motifs is 1. The van der Waals surface area contributed by atoms with Crippen molar-refractivity contribution in [3.63, 3.8) is 0 Å². The summed E-state index contributed by atoms with van der Waals surface area (Å²) in [4.78, 5) is 12.7. The summed E-state index contributed by atoms with van der Waals surface area (Å²) in [5.74, 6) is 1.36. The minimum atomic E-state index is -0.810. The molecule has 0 heterocycles. The molecule has 1 aliphatic rings. The number of Topliss-reactive ketones (excluding diaryl/α,β-unsaturated/α-hetero) is 1. The van der Waals surface area contributed by atoms with Gasteiger partial charge in [-0.1, -0.05) is 12.1 Å². The van der Waals surface area contributed by atoms with Gasteiger partial charge in [-0.25, -0.2) is 0 Å². The van der Waals surface area contributed by atoms with Crippen molar-refractivity contribution in [2.75, 3.05) is 21.3 Å². The average molecular weight is 328 g/mol. The number of carbonyl (C=O) groups is 1. The van der Waals surface area contributed by atoms with Crippen LogP contribution in [0.2, 0.25) is 0 Å². The molecule has 2 unspecified atom stereocenters. The van der Waals surface area contributed by atoms with E-state index in [2.05, 4.69) is 0 Å². The zero-order valence-corrected chi connectivity index (χ0v) is 13.9. The van der Waals surface area contributed by atoms with Gasteiger partial charge in [0.2, 0.25) is 0 Å². The van der Waals surface area contributed by atoms with E-state index in [1.165, 1.54) is 7.11 Å². The van der Waals surface area contributed by atoms with Crippen LogP contribution in [-0.4, -0.2) is 32.2 Å². The van der Waals surface area contributed by atoms with Crippen LogP contribution in [0.4, 0.5) is 0 Å². The van der Waals surface area contributed by atoms with Crippen molar-refractivity contribution in [3.05, 3.63) is 53.1 Å². The van der Waals surface area contributed by atoms with E-state index in [9.17, 15) is 9.90 Å². The van der Waals surface area contributed by atoms with Crippen LogP contribution >= 0.6 is 0 Å². The molecule has 2 atom stereocenters. The Morgan fingerprint density at radius 1 is 0.958 bits per heavy atom. The number of aliphatic hydroxyl groups is 1. The Labute approximate surface area is 140 Å². The third-order valence-corrected chi connectivity index (χ3v) is 4.49. The number of ether oxygens (including phenoxy) is 3. The molecule has 1 aliphatic carbocycles. The zero-order chi connectivity index (χ0) is 17.3. The van der Waals surface area contributed by atoms with Gasteiger partial charge in [0, 0.05) is 18.4 Å². The maximum absolute atomic E-state index is 12.7. The zero-order valence-electron chi connectivity index (χ0n) is 13.9. The molecule has 0 spiro atoms. The van der Waals surface area contributed by atoms with Crippen molar-refractivity contribution in [1.29, 1.82) is 0 Å². The van der Waals surface area contributed by atoms with Crippen LogP contribution in [0.15, 0.2) is 36.4 Å². The van der Waals surface area contributed by atoms with Gasteiger partial charge < -0.3 is 19.3 Å². The maximum Gasteiger partial charge on any atom is 0.167 e. The molecule has 0 bridgehead atoms. The Morgan fingerprint density at radius 3 is 2.21 bits per heavy atom. The molecule has 0 fully saturated rings. The third kappa shape index (κ3) is 2.71. The van der Waals surface area contributed by atoms with Crippen molar-refractivity contribution in [2.45, 2.75) is 18.4 Å². The Hall–Kier alpha value is -2.53. The van der Waals surface area contributed by atoms with Crippen molar-refractivity contribution in [2.24, 2.45) is 0 Å². The predicted octanol–water partition coefficient (Wildman–Crippen LogP) is 3.12. The highest BCUT2D eigenvalue weighted by Crippen LogP contribution is 2.45. The number of hydrogen-bond acceptors (Lipinski definition) is 5. The smallest absolute Gasteiger partial charge is 0.167 e. The lowest BCUT2D eigenvalue weighted by Crippen LogP contribution is -2.24. The molecular weight excluding hydrogens is 308 g/mol. The summed E-state index contributed by atoms with van der Waals surface area (Å²) < 4.78 is 15.7. The largest absolute Gasteiger partial charge is 0.497 e. The van der Waals surface area contributed by atoms with Crippen LogP contribution in [0.25, 0.3) is 0 Å². The number of rotatable bonds is 4. The van der Waals surface area contributed by atoms with Crippen LogP contribution in [0.3, 0.4) is 0 Å². The number of aliphatic hydroxyl groups excluding tert-OH is 1. The van der Waals surface area contributed by atoms with Crippen LogP contribution in [0.5, 0.6) is 17.2 Å². The highest BCUT2D eigenvalue weighted by Gasteiger charge is 2.36. The summed E-state index contributed by atoms with van der Waals surface area (Å²) in [6, 6.07) is 10.8. The van der Waals surface area contributed by atoms with Crippen LogP contribution in [0, 0.1) is 0 Å². The average Bonchev–Trinajstić information content (AvgIpc) is 2.63. The first-order valence-electron chi connectivity index (χ1n) is 7.70. The molecule has 0 amide bonds. The van der Waals surface area contributed by atoms with Gasteiger partial charge >= 0.3 is 0 Å². The van der Waals surface area contributed by atoms with E-state index >= 15 is 0 Å². The summed E-state index contributed by atoms with van der Waals surface area (Å²) in [6.07, 6.45) is -0.585. The highest BCUT2D eigenvalue weighted by atomic mass is 16.5. The maximum atomic E-state index is 12.7. The molecule has 5 heteroatoms.